The highest BCUT2D eigenvalue weighted by molar-refractivity contribution is 6.06. The Morgan fingerprint density at radius 2 is 2.07 bits per heavy atom. The summed E-state index contributed by atoms with van der Waals surface area (Å²) < 4.78 is 4.53. The van der Waals surface area contributed by atoms with Gasteiger partial charge in [-0.1, -0.05) is 0 Å². The van der Waals surface area contributed by atoms with E-state index in [0.717, 1.165) is 0 Å². The van der Waals surface area contributed by atoms with E-state index in [0.29, 0.717) is 0 Å². The third-order valence-corrected chi connectivity index (χ3v) is 2.50. The first-order valence-corrected chi connectivity index (χ1v) is 4.37. The molecule has 0 bridgehead atoms. The molecule has 0 aliphatic carbocycles. The smallest absolute Gasteiger partial charge is 0.310 e. The second-order valence-electron chi connectivity index (χ2n) is 3.43. The zero-order valence-corrected chi connectivity index (χ0v) is 8.37. The van der Waals surface area contributed by atoms with Crippen molar-refractivity contribution in [2.75, 3.05) is 7.11 Å². The lowest BCUT2D eigenvalue weighted by Gasteiger charge is -2.37. The molecule has 1 aliphatic heterocycles. The molecular weight excluding hydrogens is 186 g/mol. The summed E-state index contributed by atoms with van der Waals surface area (Å²) in [6.45, 7) is 2.98. The predicted molar refractivity (Wildman–Crippen MR) is 47.3 cm³/mol. The molecule has 1 amide bonds. The largest absolute Gasteiger partial charge is 0.469 e. The number of hydrogen-bond donors (Lipinski definition) is 1. The van der Waals surface area contributed by atoms with Crippen LogP contribution < -0.4 is 5.32 Å². The van der Waals surface area contributed by atoms with Gasteiger partial charge in [0.1, 0.15) is 11.7 Å². The van der Waals surface area contributed by atoms with Crippen LogP contribution in [0, 0.1) is 11.8 Å². The highest BCUT2D eigenvalue weighted by Gasteiger charge is 2.47. The van der Waals surface area contributed by atoms with Crippen LogP contribution in [0.1, 0.15) is 13.8 Å². The number of esters is 1. The maximum absolute atomic E-state index is 11.1. The van der Waals surface area contributed by atoms with Crippen molar-refractivity contribution in [2.45, 2.75) is 19.9 Å². The van der Waals surface area contributed by atoms with E-state index in [-0.39, 0.29) is 11.7 Å². The molecule has 78 valence electrons. The number of β-lactam (4-membered cyclic amide) rings is 1. The van der Waals surface area contributed by atoms with Gasteiger partial charge in [-0.2, -0.15) is 0 Å². The van der Waals surface area contributed by atoms with Crippen molar-refractivity contribution in [2.24, 2.45) is 11.8 Å². The molecule has 0 aromatic rings. The zero-order chi connectivity index (χ0) is 10.9. The molecular formula is C9H13NO4. The van der Waals surface area contributed by atoms with Gasteiger partial charge in [-0.3, -0.25) is 14.4 Å². The number of carbonyl (C=O) groups excluding carboxylic acids is 3. The van der Waals surface area contributed by atoms with E-state index in [1.54, 1.807) is 6.92 Å². The standard InChI is InChI=1S/C9H13NO4/c1-4(9(13)14-3)7-6(5(2)11)8(12)10-7/h4,6-7H,1-3H3,(H,10,12)/t4-,6-,7-/m1/s1. The number of methoxy groups -OCH3 is 1. The summed E-state index contributed by atoms with van der Waals surface area (Å²) >= 11 is 0. The molecule has 0 aromatic heterocycles. The van der Waals surface area contributed by atoms with Crippen LogP contribution >= 0.6 is 0 Å². The summed E-state index contributed by atoms with van der Waals surface area (Å²) in [5.41, 5.74) is 0. The molecule has 1 saturated heterocycles. The molecule has 0 unspecified atom stereocenters. The lowest BCUT2D eigenvalue weighted by molar-refractivity contribution is -0.152. The SMILES string of the molecule is COC(=O)[C@H](C)[C@H]1NC(=O)[C@@H]1C(C)=O. The maximum atomic E-state index is 11.1. The normalized spacial score (nSPS) is 27.2. The van der Waals surface area contributed by atoms with Gasteiger partial charge in [-0.15, -0.1) is 0 Å². The molecule has 1 heterocycles. The number of Topliss-reactive ketones (excluding diaryl/α,β-unsaturated/α-hetero) is 1. The van der Waals surface area contributed by atoms with Crippen molar-refractivity contribution < 1.29 is 19.1 Å². The van der Waals surface area contributed by atoms with E-state index >= 15 is 0 Å². The van der Waals surface area contributed by atoms with Crippen molar-refractivity contribution in [3.05, 3.63) is 0 Å². The van der Waals surface area contributed by atoms with Gasteiger partial charge in [0.25, 0.3) is 0 Å². The van der Waals surface area contributed by atoms with Crippen LogP contribution in [-0.4, -0.2) is 30.8 Å². The minimum atomic E-state index is -0.691. The number of nitrogens with one attached hydrogen (secondary N) is 1. The summed E-state index contributed by atoms with van der Waals surface area (Å²) in [6, 6.07) is -0.410. The van der Waals surface area contributed by atoms with Gasteiger partial charge in [0, 0.05) is 0 Å². The average molecular weight is 199 g/mol. The topological polar surface area (TPSA) is 72.5 Å². The monoisotopic (exact) mass is 199 g/mol. The van der Waals surface area contributed by atoms with Gasteiger partial charge < -0.3 is 10.1 Å². The van der Waals surface area contributed by atoms with Crippen molar-refractivity contribution in [1.29, 1.82) is 0 Å². The molecule has 0 radical (unpaired) electrons. The lowest BCUT2D eigenvalue weighted by atomic mass is 9.80. The first-order valence-electron chi connectivity index (χ1n) is 4.37. The van der Waals surface area contributed by atoms with E-state index < -0.39 is 23.8 Å². The quantitative estimate of drug-likeness (QED) is 0.378. The van der Waals surface area contributed by atoms with Crippen LogP contribution in [0.3, 0.4) is 0 Å². The summed E-state index contributed by atoms with van der Waals surface area (Å²) in [5, 5.41) is 2.53. The summed E-state index contributed by atoms with van der Waals surface area (Å²) in [5.74, 6) is -2.11. The Kier molecular flexibility index (Phi) is 2.88. The molecule has 0 spiro atoms. The fraction of sp³-hybridized carbons (Fsp3) is 0.667. The van der Waals surface area contributed by atoms with E-state index in [2.05, 4.69) is 10.1 Å². The molecule has 0 saturated carbocycles. The fourth-order valence-corrected chi connectivity index (χ4v) is 1.59. The summed E-state index contributed by atoms with van der Waals surface area (Å²) in [4.78, 5) is 33.2. The number of hydrogen-bond acceptors (Lipinski definition) is 4. The van der Waals surface area contributed by atoms with Crippen LogP contribution in [0.15, 0.2) is 0 Å². The third-order valence-electron chi connectivity index (χ3n) is 2.50. The second kappa shape index (κ2) is 3.77. The molecule has 14 heavy (non-hydrogen) atoms. The first kappa shape index (κ1) is 10.7. The summed E-state index contributed by atoms with van der Waals surface area (Å²) in [6.07, 6.45) is 0. The molecule has 5 nitrogen and oxygen atoms in total. The van der Waals surface area contributed by atoms with Crippen molar-refractivity contribution in [3.63, 3.8) is 0 Å². The van der Waals surface area contributed by atoms with Crippen LogP contribution in [0.5, 0.6) is 0 Å². The van der Waals surface area contributed by atoms with Gasteiger partial charge in [0.05, 0.1) is 19.1 Å². The Balaban J connectivity index is 2.67. The van der Waals surface area contributed by atoms with E-state index in [1.807, 2.05) is 0 Å². The van der Waals surface area contributed by atoms with Gasteiger partial charge >= 0.3 is 5.97 Å². The Morgan fingerprint density at radius 3 is 2.43 bits per heavy atom. The van der Waals surface area contributed by atoms with Crippen LogP contribution in [0.2, 0.25) is 0 Å². The Labute approximate surface area is 81.8 Å². The molecule has 3 atom stereocenters. The maximum Gasteiger partial charge on any atom is 0.310 e. The van der Waals surface area contributed by atoms with Gasteiger partial charge in [-0.25, -0.2) is 0 Å². The van der Waals surface area contributed by atoms with Crippen molar-refractivity contribution in [3.8, 4) is 0 Å². The highest BCUT2D eigenvalue weighted by Crippen LogP contribution is 2.23. The fourth-order valence-electron chi connectivity index (χ4n) is 1.59. The van der Waals surface area contributed by atoms with Crippen molar-refractivity contribution in [1.82, 2.24) is 5.32 Å². The van der Waals surface area contributed by atoms with Crippen LogP contribution in [0.4, 0.5) is 0 Å². The predicted octanol–water partition coefficient (Wildman–Crippen LogP) is -0.501. The molecule has 1 N–H and O–H groups in total. The summed E-state index contributed by atoms with van der Waals surface area (Å²) in [7, 11) is 1.28. The Bertz CT molecular complexity index is 279. The molecule has 5 heteroatoms. The number of carbonyl (C=O) groups is 3. The molecule has 1 rings (SSSR count). The minimum absolute atomic E-state index is 0.213. The first-order chi connectivity index (χ1) is 6.49. The number of rotatable bonds is 3. The van der Waals surface area contributed by atoms with Gasteiger partial charge in [0.2, 0.25) is 5.91 Å². The number of amides is 1. The molecule has 1 fully saturated rings. The zero-order valence-electron chi connectivity index (χ0n) is 8.37. The van der Waals surface area contributed by atoms with E-state index in [9.17, 15) is 14.4 Å². The number of ketones is 1. The second-order valence-corrected chi connectivity index (χ2v) is 3.43. The lowest BCUT2D eigenvalue weighted by Crippen LogP contribution is -2.64. The van der Waals surface area contributed by atoms with Crippen molar-refractivity contribution >= 4 is 17.7 Å². The van der Waals surface area contributed by atoms with E-state index in [4.69, 9.17) is 0 Å². The molecule has 0 aromatic carbocycles. The Hall–Kier alpha value is -1.39. The number of ether oxygens (including phenoxy) is 1. The Morgan fingerprint density at radius 1 is 1.50 bits per heavy atom. The van der Waals surface area contributed by atoms with Crippen LogP contribution in [-0.2, 0) is 19.1 Å². The third kappa shape index (κ3) is 1.62. The van der Waals surface area contributed by atoms with Gasteiger partial charge in [0.15, 0.2) is 0 Å². The van der Waals surface area contributed by atoms with Crippen LogP contribution in [0.25, 0.3) is 0 Å². The van der Waals surface area contributed by atoms with Gasteiger partial charge in [-0.05, 0) is 13.8 Å². The average Bonchev–Trinajstić information content (AvgIpc) is 2.10. The molecule has 1 aliphatic rings. The van der Waals surface area contributed by atoms with E-state index in [1.165, 1.54) is 14.0 Å². The minimum Gasteiger partial charge on any atom is -0.469 e. The highest BCUT2D eigenvalue weighted by atomic mass is 16.5.